The van der Waals surface area contributed by atoms with Gasteiger partial charge in [-0.1, -0.05) is 18.7 Å². The Hall–Kier alpha value is -0.0200. The molecule has 0 aromatic heterocycles. The Morgan fingerprint density at radius 1 is 1.89 bits per heavy atom. The Bertz CT molecular complexity index is 124. The largest absolute Gasteiger partial charge is 0.395 e. The van der Waals surface area contributed by atoms with Gasteiger partial charge in [-0.15, -0.1) is 0 Å². The lowest BCUT2D eigenvalue weighted by Crippen LogP contribution is -2.43. The van der Waals surface area contributed by atoms with E-state index in [0.717, 1.165) is 12.2 Å². The molecule has 1 fully saturated rings. The molecule has 1 unspecified atom stereocenters. The van der Waals surface area contributed by atoms with Crippen LogP contribution in [0, 0.1) is 5.41 Å². The predicted molar refractivity (Wildman–Crippen MR) is 37.3 cm³/mol. The molecular formula is C6H10O2S. The highest BCUT2D eigenvalue weighted by Crippen LogP contribution is 2.41. The van der Waals surface area contributed by atoms with Gasteiger partial charge in [0.05, 0.1) is 12.0 Å². The van der Waals surface area contributed by atoms with Crippen molar-refractivity contribution in [2.75, 3.05) is 12.4 Å². The van der Waals surface area contributed by atoms with Gasteiger partial charge in [0.15, 0.2) is 5.12 Å². The summed E-state index contributed by atoms with van der Waals surface area (Å²) in [4.78, 5) is 10.8. The standard InChI is InChI=1S/C6H10O2S/c1-2-6(3-7)4-9-5(6)8/h7H,2-4H2,1H3. The molecule has 1 heterocycles. The minimum absolute atomic E-state index is 0.0231. The summed E-state index contributed by atoms with van der Waals surface area (Å²) in [6.07, 6.45) is 0.773. The minimum Gasteiger partial charge on any atom is -0.395 e. The van der Waals surface area contributed by atoms with E-state index >= 15 is 0 Å². The summed E-state index contributed by atoms with van der Waals surface area (Å²) in [5.41, 5.74) is -0.356. The van der Waals surface area contributed by atoms with E-state index in [1.165, 1.54) is 11.8 Å². The van der Waals surface area contributed by atoms with E-state index in [-0.39, 0.29) is 17.1 Å². The van der Waals surface area contributed by atoms with Crippen LogP contribution in [0.2, 0.25) is 0 Å². The molecule has 1 saturated heterocycles. The van der Waals surface area contributed by atoms with Crippen LogP contribution in [0.15, 0.2) is 0 Å². The molecule has 0 saturated carbocycles. The monoisotopic (exact) mass is 146 g/mol. The van der Waals surface area contributed by atoms with Crippen LogP contribution in [0.3, 0.4) is 0 Å². The zero-order valence-electron chi connectivity index (χ0n) is 5.39. The molecule has 2 nitrogen and oxygen atoms in total. The van der Waals surface area contributed by atoms with E-state index in [4.69, 9.17) is 5.11 Å². The zero-order valence-corrected chi connectivity index (χ0v) is 6.20. The second-order valence-electron chi connectivity index (χ2n) is 2.37. The molecule has 0 aliphatic carbocycles. The average molecular weight is 146 g/mol. The van der Waals surface area contributed by atoms with Gasteiger partial charge in [0, 0.05) is 5.75 Å². The van der Waals surface area contributed by atoms with Crippen LogP contribution in [-0.2, 0) is 4.79 Å². The van der Waals surface area contributed by atoms with Gasteiger partial charge < -0.3 is 5.11 Å². The number of carbonyl (C=O) groups is 1. The van der Waals surface area contributed by atoms with Crippen molar-refractivity contribution in [2.24, 2.45) is 5.41 Å². The third kappa shape index (κ3) is 0.883. The molecule has 9 heavy (non-hydrogen) atoms. The number of rotatable bonds is 2. The van der Waals surface area contributed by atoms with Crippen molar-refractivity contribution in [1.29, 1.82) is 0 Å². The summed E-state index contributed by atoms with van der Waals surface area (Å²) in [5, 5.41) is 8.93. The van der Waals surface area contributed by atoms with Gasteiger partial charge >= 0.3 is 0 Å². The van der Waals surface area contributed by atoms with E-state index in [2.05, 4.69) is 0 Å². The Morgan fingerprint density at radius 3 is 2.56 bits per heavy atom. The van der Waals surface area contributed by atoms with E-state index in [1.807, 2.05) is 6.92 Å². The maximum Gasteiger partial charge on any atom is 0.198 e. The lowest BCUT2D eigenvalue weighted by Gasteiger charge is -2.35. The Balaban J connectivity index is 2.58. The molecule has 3 heteroatoms. The number of hydrogen-bond acceptors (Lipinski definition) is 3. The Morgan fingerprint density at radius 2 is 2.56 bits per heavy atom. The Labute approximate surface area is 58.6 Å². The first-order valence-corrected chi connectivity index (χ1v) is 4.02. The van der Waals surface area contributed by atoms with Gasteiger partial charge in [0.25, 0.3) is 0 Å². The Kier molecular flexibility index (Phi) is 1.82. The molecule has 1 aliphatic heterocycles. The topological polar surface area (TPSA) is 37.3 Å². The van der Waals surface area contributed by atoms with Crippen LogP contribution < -0.4 is 0 Å². The van der Waals surface area contributed by atoms with E-state index in [9.17, 15) is 4.79 Å². The molecule has 0 bridgehead atoms. The second kappa shape index (κ2) is 2.31. The molecule has 52 valence electrons. The molecule has 1 rings (SSSR count). The molecular weight excluding hydrogens is 136 g/mol. The maximum atomic E-state index is 10.8. The maximum absolute atomic E-state index is 10.8. The van der Waals surface area contributed by atoms with E-state index in [1.54, 1.807) is 0 Å². The number of aliphatic hydroxyl groups is 1. The van der Waals surface area contributed by atoms with Crippen LogP contribution in [0.1, 0.15) is 13.3 Å². The highest BCUT2D eigenvalue weighted by atomic mass is 32.2. The van der Waals surface area contributed by atoms with Gasteiger partial charge in [0.2, 0.25) is 0 Å². The van der Waals surface area contributed by atoms with Gasteiger partial charge in [-0.3, -0.25) is 4.79 Å². The van der Waals surface area contributed by atoms with Crippen LogP contribution in [0.4, 0.5) is 0 Å². The van der Waals surface area contributed by atoms with Gasteiger partial charge in [-0.2, -0.15) is 0 Å². The zero-order chi connectivity index (χ0) is 6.91. The van der Waals surface area contributed by atoms with Crippen molar-refractivity contribution < 1.29 is 9.90 Å². The third-order valence-corrected chi connectivity index (χ3v) is 3.28. The van der Waals surface area contributed by atoms with Crippen molar-refractivity contribution in [2.45, 2.75) is 13.3 Å². The first-order valence-electron chi connectivity index (χ1n) is 3.03. The second-order valence-corrected chi connectivity index (χ2v) is 3.32. The fraction of sp³-hybridized carbons (Fsp3) is 0.833. The fourth-order valence-corrected chi connectivity index (χ4v) is 1.98. The normalized spacial score (nSPS) is 34.2. The van der Waals surface area contributed by atoms with Crippen LogP contribution in [0.25, 0.3) is 0 Å². The van der Waals surface area contributed by atoms with Crippen LogP contribution >= 0.6 is 11.8 Å². The lowest BCUT2D eigenvalue weighted by molar-refractivity contribution is -0.122. The molecule has 0 aromatic rings. The molecule has 1 N–H and O–H groups in total. The van der Waals surface area contributed by atoms with Crippen molar-refractivity contribution in [3.8, 4) is 0 Å². The summed E-state index contributed by atoms with van der Waals surface area (Å²) in [7, 11) is 0. The highest BCUT2D eigenvalue weighted by molar-refractivity contribution is 8.15. The molecule has 0 radical (unpaired) electrons. The predicted octanol–water partition coefficient (Wildman–Crippen LogP) is 0.649. The van der Waals surface area contributed by atoms with E-state index in [0.29, 0.717) is 0 Å². The fourth-order valence-electron chi connectivity index (χ4n) is 0.804. The summed E-state index contributed by atoms with van der Waals surface area (Å²) >= 11 is 1.32. The number of aliphatic hydroxyl groups excluding tert-OH is 1. The van der Waals surface area contributed by atoms with Crippen LogP contribution in [-0.4, -0.2) is 22.6 Å². The van der Waals surface area contributed by atoms with Crippen molar-refractivity contribution in [3.63, 3.8) is 0 Å². The average Bonchev–Trinajstić information content (AvgIpc) is 1.89. The summed E-state index contributed by atoms with van der Waals surface area (Å²) in [6, 6.07) is 0. The van der Waals surface area contributed by atoms with Gasteiger partial charge in [-0.25, -0.2) is 0 Å². The summed E-state index contributed by atoms with van der Waals surface area (Å²) in [5.74, 6) is 0.804. The van der Waals surface area contributed by atoms with Crippen LogP contribution in [0.5, 0.6) is 0 Å². The van der Waals surface area contributed by atoms with Gasteiger partial charge in [0.1, 0.15) is 0 Å². The third-order valence-electron chi connectivity index (χ3n) is 1.89. The summed E-state index contributed by atoms with van der Waals surface area (Å²) in [6.45, 7) is 1.96. The first-order chi connectivity index (χ1) is 4.25. The molecule has 1 aliphatic rings. The SMILES string of the molecule is CCC1(CO)CSC1=O. The quantitative estimate of drug-likeness (QED) is 0.621. The first kappa shape index (κ1) is 7.09. The number of hydrogen-bond donors (Lipinski definition) is 1. The molecule has 1 atom stereocenters. The van der Waals surface area contributed by atoms with Gasteiger partial charge in [-0.05, 0) is 6.42 Å². The van der Waals surface area contributed by atoms with Crippen molar-refractivity contribution >= 4 is 16.9 Å². The number of carbonyl (C=O) groups excluding carboxylic acids is 1. The molecule has 0 spiro atoms. The lowest BCUT2D eigenvalue weighted by atomic mass is 9.89. The van der Waals surface area contributed by atoms with E-state index < -0.39 is 0 Å². The number of thioether (sulfide) groups is 1. The minimum atomic E-state index is -0.356. The smallest absolute Gasteiger partial charge is 0.198 e. The molecule has 0 amide bonds. The highest BCUT2D eigenvalue weighted by Gasteiger charge is 2.44. The van der Waals surface area contributed by atoms with Crippen molar-refractivity contribution in [3.05, 3.63) is 0 Å². The van der Waals surface area contributed by atoms with Crippen molar-refractivity contribution in [1.82, 2.24) is 0 Å². The summed E-state index contributed by atoms with van der Waals surface area (Å²) < 4.78 is 0. The molecule has 0 aromatic carbocycles.